The second-order valence-electron chi connectivity index (χ2n) is 6.57. The highest BCUT2D eigenvalue weighted by Gasteiger charge is 2.15. The molecule has 1 aliphatic rings. The lowest BCUT2D eigenvalue weighted by Crippen LogP contribution is -2.36. The third-order valence-electron chi connectivity index (χ3n) is 4.24. The second kappa shape index (κ2) is 9.29. The van der Waals surface area contributed by atoms with E-state index in [4.69, 9.17) is 4.74 Å². The number of anilines is 3. The van der Waals surface area contributed by atoms with Crippen LogP contribution in [-0.4, -0.2) is 74.3 Å². The van der Waals surface area contributed by atoms with Crippen LogP contribution < -0.4 is 15.5 Å². The molecule has 0 unspecified atom stereocenters. The van der Waals surface area contributed by atoms with Gasteiger partial charge in [0.1, 0.15) is 5.69 Å². The molecular formula is C19H26N6O2. The lowest BCUT2D eigenvalue weighted by molar-refractivity contribution is 0.0946. The van der Waals surface area contributed by atoms with Crippen LogP contribution in [0.1, 0.15) is 10.5 Å². The molecule has 1 fully saturated rings. The van der Waals surface area contributed by atoms with E-state index in [1.165, 1.54) is 0 Å². The summed E-state index contributed by atoms with van der Waals surface area (Å²) in [5.41, 5.74) is 2.32. The first-order chi connectivity index (χ1) is 13.1. The molecule has 144 valence electrons. The van der Waals surface area contributed by atoms with Crippen molar-refractivity contribution in [2.75, 3.05) is 63.7 Å². The van der Waals surface area contributed by atoms with Gasteiger partial charge in [0.2, 0.25) is 5.95 Å². The average Bonchev–Trinajstić information content (AvgIpc) is 2.69. The molecule has 1 saturated heterocycles. The van der Waals surface area contributed by atoms with Gasteiger partial charge in [-0.3, -0.25) is 4.79 Å². The van der Waals surface area contributed by atoms with Gasteiger partial charge in [0.05, 0.1) is 24.6 Å². The first-order valence-electron chi connectivity index (χ1n) is 9.08. The van der Waals surface area contributed by atoms with Gasteiger partial charge in [0.15, 0.2) is 0 Å². The molecule has 0 atom stereocenters. The van der Waals surface area contributed by atoms with Crippen LogP contribution in [0.3, 0.4) is 0 Å². The normalized spacial score (nSPS) is 14.3. The molecular weight excluding hydrogens is 344 g/mol. The summed E-state index contributed by atoms with van der Waals surface area (Å²) >= 11 is 0. The molecule has 0 radical (unpaired) electrons. The summed E-state index contributed by atoms with van der Waals surface area (Å²) < 4.78 is 5.43. The Balaban J connectivity index is 1.70. The third-order valence-corrected chi connectivity index (χ3v) is 4.24. The second-order valence-corrected chi connectivity index (χ2v) is 6.57. The van der Waals surface area contributed by atoms with Gasteiger partial charge in [-0.25, -0.2) is 9.97 Å². The number of aromatic nitrogens is 2. The van der Waals surface area contributed by atoms with Crippen molar-refractivity contribution < 1.29 is 9.53 Å². The molecule has 1 aromatic heterocycles. The number of nitrogens with one attached hydrogen (secondary N) is 2. The average molecular weight is 370 g/mol. The predicted octanol–water partition coefficient (Wildman–Crippen LogP) is 1.35. The Hall–Kier alpha value is -2.71. The highest BCUT2D eigenvalue weighted by molar-refractivity contribution is 5.92. The van der Waals surface area contributed by atoms with Crippen molar-refractivity contribution in [3.8, 4) is 0 Å². The standard InChI is InChI=1S/C19H26N6O2/c1-24(2)10-9-20-18(26)16-7-8-21-19(23-16)22-15-5-3-4-6-17(15)25-11-13-27-14-12-25/h3-8H,9-14H2,1-2H3,(H,20,26)(H,21,22,23). The van der Waals surface area contributed by atoms with Crippen molar-refractivity contribution in [3.63, 3.8) is 0 Å². The summed E-state index contributed by atoms with van der Waals surface area (Å²) in [5, 5.41) is 6.11. The summed E-state index contributed by atoms with van der Waals surface area (Å²) in [6.45, 7) is 4.45. The SMILES string of the molecule is CN(C)CCNC(=O)c1ccnc(Nc2ccccc2N2CCOCC2)n1. The molecule has 8 nitrogen and oxygen atoms in total. The van der Waals surface area contributed by atoms with Gasteiger partial charge in [-0.05, 0) is 32.3 Å². The Morgan fingerprint density at radius 1 is 1.22 bits per heavy atom. The summed E-state index contributed by atoms with van der Waals surface area (Å²) in [4.78, 5) is 25.2. The summed E-state index contributed by atoms with van der Waals surface area (Å²) in [5.74, 6) is 0.194. The van der Waals surface area contributed by atoms with Gasteiger partial charge in [0, 0.05) is 32.4 Å². The number of para-hydroxylation sites is 2. The molecule has 2 N–H and O–H groups in total. The fourth-order valence-corrected chi connectivity index (χ4v) is 2.81. The number of hydrogen-bond acceptors (Lipinski definition) is 7. The number of amides is 1. The van der Waals surface area contributed by atoms with Crippen LogP contribution in [0.4, 0.5) is 17.3 Å². The van der Waals surface area contributed by atoms with Gasteiger partial charge in [-0.15, -0.1) is 0 Å². The molecule has 0 saturated carbocycles. The van der Waals surface area contributed by atoms with E-state index < -0.39 is 0 Å². The fraction of sp³-hybridized carbons (Fsp3) is 0.421. The minimum atomic E-state index is -0.205. The number of morpholine rings is 1. The highest BCUT2D eigenvalue weighted by atomic mass is 16.5. The number of likely N-dealkylation sites (N-methyl/N-ethyl adjacent to an activating group) is 1. The van der Waals surface area contributed by atoms with E-state index in [2.05, 4.69) is 31.6 Å². The van der Waals surface area contributed by atoms with Crippen LogP contribution in [0, 0.1) is 0 Å². The van der Waals surface area contributed by atoms with Crippen LogP contribution in [0.25, 0.3) is 0 Å². The zero-order valence-corrected chi connectivity index (χ0v) is 15.8. The molecule has 0 spiro atoms. The van der Waals surface area contributed by atoms with Crippen molar-refractivity contribution in [2.24, 2.45) is 0 Å². The first kappa shape index (κ1) is 19.1. The maximum Gasteiger partial charge on any atom is 0.270 e. The number of carbonyl (C=O) groups excluding carboxylic acids is 1. The van der Waals surface area contributed by atoms with Crippen LogP contribution in [0.5, 0.6) is 0 Å². The quantitative estimate of drug-likeness (QED) is 0.761. The summed E-state index contributed by atoms with van der Waals surface area (Å²) in [7, 11) is 3.93. The van der Waals surface area contributed by atoms with Gasteiger partial charge in [0.25, 0.3) is 5.91 Å². The van der Waals surface area contributed by atoms with E-state index in [0.717, 1.165) is 31.0 Å². The lowest BCUT2D eigenvalue weighted by atomic mass is 10.2. The van der Waals surface area contributed by atoms with Crippen LogP contribution in [-0.2, 0) is 4.74 Å². The van der Waals surface area contributed by atoms with E-state index in [-0.39, 0.29) is 5.91 Å². The van der Waals surface area contributed by atoms with Crippen molar-refractivity contribution in [1.82, 2.24) is 20.2 Å². The maximum atomic E-state index is 12.3. The van der Waals surface area contributed by atoms with E-state index in [1.807, 2.05) is 37.2 Å². The molecule has 1 amide bonds. The number of carbonyl (C=O) groups is 1. The molecule has 3 rings (SSSR count). The monoisotopic (exact) mass is 370 g/mol. The van der Waals surface area contributed by atoms with E-state index in [9.17, 15) is 4.79 Å². The van der Waals surface area contributed by atoms with Crippen molar-refractivity contribution in [2.45, 2.75) is 0 Å². The smallest absolute Gasteiger partial charge is 0.270 e. The Bertz CT molecular complexity index is 761. The number of ether oxygens (including phenoxy) is 1. The van der Waals surface area contributed by atoms with Gasteiger partial charge < -0.3 is 25.2 Å². The summed E-state index contributed by atoms with van der Waals surface area (Å²) in [6.07, 6.45) is 1.59. The zero-order chi connectivity index (χ0) is 19.1. The van der Waals surface area contributed by atoms with Gasteiger partial charge in [-0.1, -0.05) is 12.1 Å². The first-order valence-corrected chi connectivity index (χ1v) is 9.08. The van der Waals surface area contributed by atoms with E-state index in [1.54, 1.807) is 12.3 Å². The van der Waals surface area contributed by atoms with E-state index in [0.29, 0.717) is 31.4 Å². The molecule has 27 heavy (non-hydrogen) atoms. The molecule has 2 heterocycles. The molecule has 0 aliphatic carbocycles. The number of nitrogens with zero attached hydrogens (tertiary/aromatic N) is 4. The zero-order valence-electron chi connectivity index (χ0n) is 15.8. The van der Waals surface area contributed by atoms with Crippen LogP contribution >= 0.6 is 0 Å². The Kier molecular flexibility index (Phi) is 6.56. The fourth-order valence-electron chi connectivity index (χ4n) is 2.81. The number of hydrogen-bond donors (Lipinski definition) is 2. The third kappa shape index (κ3) is 5.38. The van der Waals surface area contributed by atoms with Crippen molar-refractivity contribution >= 4 is 23.2 Å². The molecule has 8 heteroatoms. The van der Waals surface area contributed by atoms with Gasteiger partial charge >= 0.3 is 0 Å². The van der Waals surface area contributed by atoms with E-state index >= 15 is 0 Å². The van der Waals surface area contributed by atoms with Gasteiger partial charge in [-0.2, -0.15) is 0 Å². The Morgan fingerprint density at radius 2 is 2.00 bits per heavy atom. The number of rotatable bonds is 7. The maximum absolute atomic E-state index is 12.3. The highest BCUT2D eigenvalue weighted by Crippen LogP contribution is 2.28. The minimum absolute atomic E-state index is 0.205. The molecule has 1 aromatic carbocycles. The molecule has 0 bridgehead atoms. The van der Waals surface area contributed by atoms with Crippen LogP contribution in [0.15, 0.2) is 36.5 Å². The Labute approximate surface area is 159 Å². The predicted molar refractivity (Wildman–Crippen MR) is 106 cm³/mol. The topological polar surface area (TPSA) is 82.6 Å². The largest absolute Gasteiger partial charge is 0.378 e. The van der Waals surface area contributed by atoms with Crippen molar-refractivity contribution in [3.05, 3.63) is 42.2 Å². The lowest BCUT2D eigenvalue weighted by Gasteiger charge is -2.30. The Morgan fingerprint density at radius 3 is 2.78 bits per heavy atom. The summed E-state index contributed by atoms with van der Waals surface area (Å²) in [6, 6.07) is 9.63. The molecule has 2 aromatic rings. The minimum Gasteiger partial charge on any atom is -0.378 e. The van der Waals surface area contributed by atoms with Crippen LogP contribution in [0.2, 0.25) is 0 Å². The number of benzene rings is 1. The van der Waals surface area contributed by atoms with Crippen molar-refractivity contribution in [1.29, 1.82) is 0 Å². The molecule has 1 aliphatic heterocycles.